The highest BCUT2D eigenvalue weighted by Crippen LogP contribution is 2.68. The summed E-state index contributed by atoms with van der Waals surface area (Å²) in [5.41, 5.74) is 5.75. The lowest BCUT2D eigenvalue weighted by Crippen LogP contribution is -2.55. The number of aryl methyl sites for hydroxylation is 1. The molecule has 1 nitrogen and oxygen atoms in total. The summed E-state index contributed by atoms with van der Waals surface area (Å²) in [6.07, 6.45) is 8.19. The van der Waals surface area contributed by atoms with Gasteiger partial charge in [-0.2, -0.15) is 0 Å². The van der Waals surface area contributed by atoms with Crippen LogP contribution in [0.1, 0.15) is 76.5 Å². The average Bonchev–Trinajstić information content (AvgIpc) is 2.79. The van der Waals surface area contributed by atoms with Gasteiger partial charge in [0.2, 0.25) is 0 Å². The molecule has 4 atom stereocenters. The van der Waals surface area contributed by atoms with Crippen LogP contribution in [0.25, 0.3) is 0 Å². The Labute approximate surface area is 148 Å². The minimum atomic E-state index is 0.299. The van der Waals surface area contributed by atoms with Crippen LogP contribution in [-0.4, -0.2) is 7.11 Å². The summed E-state index contributed by atoms with van der Waals surface area (Å²) < 4.78 is 5.86. The van der Waals surface area contributed by atoms with E-state index in [0.29, 0.717) is 16.2 Å². The summed E-state index contributed by atoms with van der Waals surface area (Å²) >= 11 is 0. The van der Waals surface area contributed by atoms with Crippen LogP contribution in [0.2, 0.25) is 0 Å². The van der Waals surface area contributed by atoms with Crippen molar-refractivity contribution in [3.63, 3.8) is 0 Å². The predicted octanol–water partition coefficient (Wildman–Crippen LogP) is 6.06. The minimum absolute atomic E-state index is 0.299. The van der Waals surface area contributed by atoms with Crippen molar-refractivity contribution in [2.75, 3.05) is 7.11 Å². The van der Waals surface area contributed by atoms with E-state index in [0.717, 1.165) is 17.6 Å². The van der Waals surface area contributed by atoms with Crippen molar-refractivity contribution < 1.29 is 4.74 Å². The lowest BCUT2D eigenvalue weighted by atomic mass is 9.43. The molecule has 0 heterocycles. The molecule has 0 spiro atoms. The van der Waals surface area contributed by atoms with Gasteiger partial charge in [0.1, 0.15) is 5.75 Å². The van der Waals surface area contributed by atoms with Crippen molar-refractivity contribution in [2.24, 2.45) is 22.7 Å². The molecule has 2 fully saturated rings. The Kier molecular flexibility index (Phi) is 3.45. The normalized spacial score (nSPS) is 39.8. The molecule has 0 amide bonds. The Morgan fingerprint density at radius 1 is 1.00 bits per heavy atom. The van der Waals surface area contributed by atoms with E-state index < -0.39 is 0 Å². The quantitative estimate of drug-likeness (QED) is 0.609. The Bertz CT molecular complexity index is 673. The molecule has 1 aromatic carbocycles. The first kappa shape index (κ1) is 16.5. The smallest absolute Gasteiger partial charge is 0.123 e. The first-order valence-electron chi connectivity index (χ1n) is 9.90. The number of methoxy groups -OCH3 is 1. The van der Waals surface area contributed by atoms with Crippen LogP contribution in [0.5, 0.6) is 5.75 Å². The average molecular weight is 327 g/mol. The molecule has 3 aliphatic carbocycles. The maximum absolute atomic E-state index is 5.86. The summed E-state index contributed by atoms with van der Waals surface area (Å²) in [6.45, 7) is 12.5. The summed E-state index contributed by atoms with van der Waals surface area (Å²) in [5, 5.41) is 0. The van der Waals surface area contributed by atoms with Gasteiger partial charge in [-0.15, -0.1) is 0 Å². The molecule has 0 aromatic heterocycles. The van der Waals surface area contributed by atoms with Crippen LogP contribution in [0.3, 0.4) is 0 Å². The van der Waals surface area contributed by atoms with Gasteiger partial charge in [0.25, 0.3) is 0 Å². The van der Waals surface area contributed by atoms with E-state index in [-0.39, 0.29) is 0 Å². The van der Waals surface area contributed by atoms with Crippen LogP contribution >= 0.6 is 0 Å². The SMILES string of the molecule is COc1cc(C)cc2c1[C@@]1(C)CC[C@H]3C(C)(C)CCC[C@]3(C)[C@H]1C2. The molecule has 2 saturated carbocycles. The fourth-order valence-corrected chi connectivity index (χ4v) is 7.42. The molecule has 132 valence electrons. The largest absolute Gasteiger partial charge is 0.496 e. The summed E-state index contributed by atoms with van der Waals surface area (Å²) in [6, 6.07) is 4.69. The summed E-state index contributed by atoms with van der Waals surface area (Å²) in [4.78, 5) is 0. The Morgan fingerprint density at radius 2 is 1.75 bits per heavy atom. The molecule has 1 heteroatoms. The van der Waals surface area contributed by atoms with Crippen LogP contribution in [0.15, 0.2) is 12.1 Å². The summed E-state index contributed by atoms with van der Waals surface area (Å²) in [7, 11) is 1.85. The van der Waals surface area contributed by atoms with Crippen LogP contribution in [0.4, 0.5) is 0 Å². The van der Waals surface area contributed by atoms with Crippen molar-refractivity contribution >= 4 is 0 Å². The van der Waals surface area contributed by atoms with Gasteiger partial charge >= 0.3 is 0 Å². The van der Waals surface area contributed by atoms with Crippen molar-refractivity contribution in [1.29, 1.82) is 0 Å². The van der Waals surface area contributed by atoms with Crippen LogP contribution in [-0.2, 0) is 11.8 Å². The van der Waals surface area contributed by atoms with E-state index in [4.69, 9.17) is 4.74 Å². The first-order chi connectivity index (χ1) is 11.2. The second kappa shape index (κ2) is 5.02. The van der Waals surface area contributed by atoms with Gasteiger partial charge in [-0.1, -0.05) is 40.2 Å². The van der Waals surface area contributed by atoms with Crippen LogP contribution < -0.4 is 4.74 Å². The topological polar surface area (TPSA) is 9.23 Å². The molecule has 0 radical (unpaired) electrons. The fraction of sp³-hybridized carbons (Fsp3) is 0.739. The number of ether oxygens (including phenoxy) is 1. The zero-order chi connectivity index (χ0) is 17.3. The van der Waals surface area contributed by atoms with Gasteiger partial charge in [-0.3, -0.25) is 0 Å². The van der Waals surface area contributed by atoms with E-state index >= 15 is 0 Å². The van der Waals surface area contributed by atoms with Gasteiger partial charge in [0, 0.05) is 11.0 Å². The lowest BCUT2D eigenvalue weighted by molar-refractivity contribution is -0.0984. The standard InChI is InChI=1S/C23H34O/c1-15-12-16-14-19-22(4)10-7-9-21(2,3)18(22)8-11-23(19,5)20(16)17(13-15)24-6/h12-13,18-19H,7-11,14H2,1-6H3/t18-,19+,22-,23-/m0/s1. The third-order valence-electron chi connectivity index (χ3n) is 8.34. The fourth-order valence-electron chi connectivity index (χ4n) is 7.42. The molecule has 4 rings (SSSR count). The van der Waals surface area contributed by atoms with Gasteiger partial charge < -0.3 is 4.74 Å². The zero-order valence-corrected chi connectivity index (χ0v) is 16.5. The van der Waals surface area contributed by atoms with Gasteiger partial charge in [0.15, 0.2) is 0 Å². The third kappa shape index (κ3) is 1.99. The number of hydrogen-bond acceptors (Lipinski definition) is 1. The monoisotopic (exact) mass is 326 g/mol. The van der Waals surface area contributed by atoms with Crippen molar-refractivity contribution in [2.45, 2.75) is 78.6 Å². The molecular weight excluding hydrogens is 292 g/mol. The molecule has 3 aliphatic rings. The van der Waals surface area contributed by atoms with E-state index in [1.807, 2.05) is 7.11 Å². The zero-order valence-electron chi connectivity index (χ0n) is 16.5. The van der Waals surface area contributed by atoms with Gasteiger partial charge in [-0.25, -0.2) is 0 Å². The van der Waals surface area contributed by atoms with Crippen molar-refractivity contribution in [1.82, 2.24) is 0 Å². The summed E-state index contributed by atoms with van der Waals surface area (Å²) in [5.74, 6) is 2.79. The van der Waals surface area contributed by atoms with E-state index in [9.17, 15) is 0 Å². The Hall–Kier alpha value is -0.980. The molecule has 24 heavy (non-hydrogen) atoms. The minimum Gasteiger partial charge on any atom is -0.496 e. The van der Waals surface area contributed by atoms with Crippen LogP contribution in [0, 0.1) is 29.6 Å². The number of rotatable bonds is 1. The Balaban J connectivity index is 1.84. The van der Waals surface area contributed by atoms with Gasteiger partial charge in [0.05, 0.1) is 7.11 Å². The molecule has 0 aliphatic heterocycles. The molecule has 1 aromatic rings. The molecular formula is C23H34O. The maximum Gasteiger partial charge on any atom is 0.123 e. The van der Waals surface area contributed by atoms with Gasteiger partial charge in [-0.05, 0) is 78.9 Å². The third-order valence-corrected chi connectivity index (χ3v) is 8.34. The second-order valence-corrected chi connectivity index (χ2v) is 10.1. The predicted molar refractivity (Wildman–Crippen MR) is 101 cm³/mol. The first-order valence-corrected chi connectivity index (χ1v) is 9.90. The highest BCUT2D eigenvalue weighted by Gasteiger charge is 2.61. The molecule has 0 saturated heterocycles. The molecule has 0 N–H and O–H groups in total. The molecule has 0 unspecified atom stereocenters. The highest BCUT2D eigenvalue weighted by atomic mass is 16.5. The number of fused-ring (bicyclic) bond motifs is 5. The van der Waals surface area contributed by atoms with Crippen molar-refractivity contribution in [3.05, 3.63) is 28.8 Å². The second-order valence-electron chi connectivity index (χ2n) is 10.1. The number of hydrogen-bond donors (Lipinski definition) is 0. The van der Waals surface area contributed by atoms with E-state index in [1.165, 1.54) is 44.1 Å². The maximum atomic E-state index is 5.86. The van der Waals surface area contributed by atoms with Crippen molar-refractivity contribution in [3.8, 4) is 5.75 Å². The Morgan fingerprint density at radius 3 is 2.46 bits per heavy atom. The number of benzene rings is 1. The van der Waals surface area contributed by atoms with E-state index in [1.54, 1.807) is 11.1 Å². The molecule has 0 bridgehead atoms. The highest BCUT2D eigenvalue weighted by molar-refractivity contribution is 5.53. The van der Waals surface area contributed by atoms with E-state index in [2.05, 4.69) is 46.8 Å². The lowest BCUT2D eigenvalue weighted by Gasteiger charge is -2.61.